The Bertz CT molecular complexity index is 1400. The van der Waals surface area contributed by atoms with Gasteiger partial charge in [-0.2, -0.15) is 0 Å². The van der Waals surface area contributed by atoms with Crippen LogP contribution < -0.4 is 10.1 Å². The van der Waals surface area contributed by atoms with Gasteiger partial charge < -0.3 is 15.0 Å². The van der Waals surface area contributed by atoms with Crippen molar-refractivity contribution in [2.45, 2.75) is 69.9 Å². The van der Waals surface area contributed by atoms with Gasteiger partial charge in [-0.3, -0.25) is 9.69 Å². The highest BCUT2D eigenvalue weighted by molar-refractivity contribution is 5.94. The second-order valence-electron chi connectivity index (χ2n) is 12.3. The van der Waals surface area contributed by atoms with E-state index in [1.54, 1.807) is 19.2 Å². The van der Waals surface area contributed by atoms with Crippen molar-refractivity contribution in [2.24, 2.45) is 11.3 Å². The molecule has 3 aliphatic rings. The normalized spacial score (nSPS) is 23.5. The smallest absolute Gasteiger partial charge is 0.251 e. The maximum absolute atomic E-state index is 14.0. The van der Waals surface area contributed by atoms with Crippen LogP contribution in [0.25, 0.3) is 10.9 Å². The van der Waals surface area contributed by atoms with Crippen LogP contribution in [-0.4, -0.2) is 47.8 Å². The van der Waals surface area contributed by atoms with E-state index in [2.05, 4.69) is 15.2 Å². The summed E-state index contributed by atoms with van der Waals surface area (Å²) in [6.07, 6.45) is 2.71. The first kappa shape index (κ1) is 27.1. The van der Waals surface area contributed by atoms with E-state index in [0.29, 0.717) is 31.5 Å². The first-order valence-corrected chi connectivity index (χ1v) is 14.0. The number of methoxy groups -OCH3 is 1. The molecular weight excluding hydrogens is 522 g/mol. The second kappa shape index (κ2) is 9.79. The summed E-state index contributed by atoms with van der Waals surface area (Å²) in [5.74, 6) is -4.90. The van der Waals surface area contributed by atoms with Crippen LogP contribution in [0, 0.1) is 18.3 Å². The lowest BCUT2D eigenvalue weighted by Crippen LogP contribution is -2.53. The van der Waals surface area contributed by atoms with E-state index < -0.39 is 11.8 Å². The summed E-state index contributed by atoms with van der Waals surface area (Å²) < 4.78 is 60.1. The number of H-pyrrole nitrogens is 1. The van der Waals surface area contributed by atoms with Gasteiger partial charge in [0.2, 0.25) is 11.8 Å². The van der Waals surface area contributed by atoms with E-state index in [4.69, 9.17) is 4.74 Å². The number of ether oxygens (including phenoxy) is 1. The number of aryl methyl sites for hydroxylation is 1. The van der Waals surface area contributed by atoms with Crippen molar-refractivity contribution < 1.29 is 27.1 Å². The van der Waals surface area contributed by atoms with Gasteiger partial charge in [0.15, 0.2) is 0 Å². The zero-order chi connectivity index (χ0) is 28.3. The van der Waals surface area contributed by atoms with Crippen LogP contribution in [0.2, 0.25) is 0 Å². The molecule has 2 aliphatic carbocycles. The third kappa shape index (κ3) is 5.08. The molecule has 1 aromatic heterocycles. The van der Waals surface area contributed by atoms with Crippen molar-refractivity contribution in [1.82, 2.24) is 15.2 Å². The summed E-state index contributed by atoms with van der Waals surface area (Å²) in [6.45, 7) is 3.55. The van der Waals surface area contributed by atoms with Crippen molar-refractivity contribution in [3.05, 3.63) is 64.8 Å². The highest BCUT2D eigenvalue weighted by Gasteiger charge is 2.58. The van der Waals surface area contributed by atoms with Crippen molar-refractivity contribution in [1.29, 1.82) is 0 Å². The van der Waals surface area contributed by atoms with Crippen molar-refractivity contribution in [3.63, 3.8) is 0 Å². The van der Waals surface area contributed by atoms with Gasteiger partial charge in [0.25, 0.3) is 5.91 Å². The number of halogens is 4. The predicted molar refractivity (Wildman–Crippen MR) is 145 cm³/mol. The number of fused-ring (bicyclic) bond motifs is 1. The molecule has 1 saturated heterocycles. The molecule has 2 N–H and O–H groups in total. The van der Waals surface area contributed by atoms with E-state index in [1.165, 1.54) is 0 Å². The van der Waals surface area contributed by atoms with Crippen LogP contribution in [0.15, 0.2) is 42.6 Å². The molecule has 1 aliphatic heterocycles. The van der Waals surface area contributed by atoms with Crippen molar-refractivity contribution in [2.75, 3.05) is 20.2 Å². The highest BCUT2D eigenvalue weighted by Crippen LogP contribution is 2.60. The third-order valence-electron chi connectivity index (χ3n) is 9.24. The second-order valence-corrected chi connectivity index (χ2v) is 12.3. The molecule has 2 heterocycles. The number of carbonyl (C=O) groups excluding carboxylic acids is 1. The molecule has 6 rings (SSSR count). The zero-order valence-electron chi connectivity index (χ0n) is 22.8. The topological polar surface area (TPSA) is 57.4 Å². The van der Waals surface area contributed by atoms with E-state index in [9.17, 15) is 22.4 Å². The summed E-state index contributed by atoms with van der Waals surface area (Å²) in [6, 6.07) is 11.3. The molecule has 40 heavy (non-hydrogen) atoms. The molecule has 1 atom stereocenters. The van der Waals surface area contributed by atoms with Crippen LogP contribution in [0.5, 0.6) is 5.75 Å². The lowest BCUT2D eigenvalue weighted by Gasteiger charge is -2.54. The number of hydrogen-bond donors (Lipinski definition) is 2. The Morgan fingerprint density at radius 2 is 1.80 bits per heavy atom. The fourth-order valence-electron chi connectivity index (χ4n) is 7.17. The molecule has 1 amide bonds. The van der Waals surface area contributed by atoms with E-state index in [-0.39, 0.29) is 55.5 Å². The largest absolute Gasteiger partial charge is 0.496 e. The zero-order valence-corrected chi connectivity index (χ0v) is 22.8. The van der Waals surface area contributed by atoms with Gasteiger partial charge in [-0.15, -0.1) is 0 Å². The number of alkyl halides is 4. The number of piperidine rings is 1. The fraction of sp³-hybridized carbons (Fsp3) is 0.516. The number of amides is 1. The number of aromatic amines is 1. The lowest BCUT2D eigenvalue weighted by atomic mass is 9.59. The first-order valence-electron chi connectivity index (χ1n) is 14.0. The highest BCUT2D eigenvalue weighted by atomic mass is 19.3. The van der Waals surface area contributed by atoms with Gasteiger partial charge in [-0.05, 0) is 73.0 Å². The Morgan fingerprint density at radius 3 is 2.45 bits per heavy atom. The maximum Gasteiger partial charge on any atom is 0.251 e. The van der Waals surface area contributed by atoms with Crippen LogP contribution in [0.1, 0.15) is 71.6 Å². The number of aromatic nitrogens is 1. The molecule has 5 nitrogen and oxygen atoms in total. The Hall–Kier alpha value is -3.07. The van der Waals surface area contributed by atoms with E-state index in [0.717, 1.165) is 33.3 Å². The van der Waals surface area contributed by atoms with Crippen LogP contribution in [0.3, 0.4) is 0 Å². The Balaban J connectivity index is 1.23. The standard InChI is InChI=1S/C31H35F4N3O2/c1-19-11-26(40-2)24(23-7-9-36-27(19)23)16-38-10-8-29(17-31(34,35)18-29)14-25(38)21-3-5-22(6-4-21)28(39)37-15-20-12-30(32,33)13-20/h3-7,9,11,20,25,36H,8,10,12-18H2,1-2H3,(H,37,39)/t25-/m0/s1. The molecule has 214 valence electrons. The molecule has 2 saturated carbocycles. The summed E-state index contributed by atoms with van der Waals surface area (Å²) in [4.78, 5) is 18.3. The SMILES string of the molecule is COc1cc(C)c2[nH]ccc2c1CN1CCC2(C[C@H]1c1ccc(C(=O)NCC3CC(F)(F)C3)cc1)CC(F)(F)C2. The molecule has 0 bridgehead atoms. The van der Waals surface area contributed by atoms with E-state index >= 15 is 0 Å². The Morgan fingerprint density at radius 1 is 1.07 bits per heavy atom. The van der Waals surface area contributed by atoms with E-state index in [1.807, 2.05) is 37.4 Å². The number of rotatable bonds is 7. The number of carbonyl (C=O) groups is 1. The molecule has 9 heteroatoms. The minimum Gasteiger partial charge on any atom is -0.496 e. The minimum absolute atomic E-state index is 0.0824. The number of likely N-dealkylation sites (tertiary alicyclic amines) is 1. The maximum atomic E-state index is 14.0. The Kier molecular flexibility index (Phi) is 6.63. The molecule has 3 fully saturated rings. The number of nitrogens with one attached hydrogen (secondary N) is 2. The first-order chi connectivity index (χ1) is 19.0. The summed E-state index contributed by atoms with van der Waals surface area (Å²) in [5, 5.41) is 3.85. The van der Waals surface area contributed by atoms with Gasteiger partial charge >= 0.3 is 0 Å². The van der Waals surface area contributed by atoms with Gasteiger partial charge in [0.1, 0.15) is 5.75 Å². The monoisotopic (exact) mass is 557 g/mol. The molecule has 0 unspecified atom stereocenters. The predicted octanol–water partition coefficient (Wildman–Crippen LogP) is 7.01. The Labute approximate surface area is 231 Å². The van der Waals surface area contributed by atoms with Gasteiger partial charge in [-0.1, -0.05) is 12.1 Å². The molecule has 0 radical (unpaired) electrons. The molecule has 1 spiro atoms. The third-order valence-corrected chi connectivity index (χ3v) is 9.24. The van der Waals surface area contributed by atoms with Crippen LogP contribution in [0.4, 0.5) is 17.6 Å². The molecular formula is C31H35F4N3O2. The average molecular weight is 558 g/mol. The van der Waals surface area contributed by atoms with Gasteiger partial charge in [0.05, 0.1) is 7.11 Å². The molecule has 2 aromatic carbocycles. The quantitative estimate of drug-likeness (QED) is 0.307. The summed E-state index contributed by atoms with van der Waals surface area (Å²) in [7, 11) is 1.66. The van der Waals surface area contributed by atoms with Gasteiger partial charge in [-0.25, -0.2) is 17.6 Å². The number of benzene rings is 2. The molecule has 3 aromatic rings. The number of hydrogen-bond acceptors (Lipinski definition) is 3. The van der Waals surface area contributed by atoms with Crippen molar-refractivity contribution >= 4 is 16.8 Å². The van der Waals surface area contributed by atoms with Gasteiger partial charge in [0, 0.05) is 73.0 Å². The lowest BCUT2D eigenvalue weighted by molar-refractivity contribution is -0.186. The van der Waals surface area contributed by atoms with Crippen LogP contribution in [-0.2, 0) is 6.54 Å². The fourth-order valence-corrected chi connectivity index (χ4v) is 7.17. The van der Waals surface area contributed by atoms with Crippen LogP contribution >= 0.6 is 0 Å². The minimum atomic E-state index is -2.61. The average Bonchev–Trinajstić information content (AvgIpc) is 3.38. The summed E-state index contributed by atoms with van der Waals surface area (Å²) >= 11 is 0. The number of nitrogens with zero attached hydrogens (tertiary/aromatic N) is 1. The summed E-state index contributed by atoms with van der Waals surface area (Å²) in [5.41, 5.74) is 4.25. The van der Waals surface area contributed by atoms with Crippen molar-refractivity contribution in [3.8, 4) is 5.75 Å².